The molecule has 1 saturated heterocycles. The number of nitrogens with one attached hydrogen (secondary N) is 1. The van der Waals surface area contributed by atoms with Crippen LogP contribution < -0.4 is 5.32 Å². The number of carbonyl (C=O) groups is 1. The second-order valence-electron chi connectivity index (χ2n) is 8.16. The van der Waals surface area contributed by atoms with Crippen LogP contribution in [0.2, 0.25) is 0 Å². The third kappa shape index (κ3) is 5.03. The van der Waals surface area contributed by atoms with Gasteiger partial charge in [0.15, 0.2) is 9.84 Å². The molecule has 2 heterocycles. The van der Waals surface area contributed by atoms with E-state index in [-0.39, 0.29) is 16.9 Å². The van der Waals surface area contributed by atoms with Crippen molar-refractivity contribution in [3.05, 3.63) is 17.9 Å². The van der Waals surface area contributed by atoms with Crippen molar-refractivity contribution in [2.24, 2.45) is 5.92 Å². The van der Waals surface area contributed by atoms with E-state index in [0.29, 0.717) is 19.0 Å². The van der Waals surface area contributed by atoms with E-state index in [1.54, 1.807) is 0 Å². The Morgan fingerprint density at radius 3 is 2.45 bits per heavy atom. The van der Waals surface area contributed by atoms with Crippen LogP contribution in [0.5, 0.6) is 0 Å². The van der Waals surface area contributed by atoms with Gasteiger partial charge < -0.3 is 9.73 Å². The minimum Gasteiger partial charge on any atom is -0.447 e. The topological polar surface area (TPSA) is 114 Å². The number of carbonyl (C=O) groups excluding carboxylic acids is 1. The molecule has 1 amide bonds. The molecule has 1 N–H and O–H groups in total. The van der Waals surface area contributed by atoms with Crippen molar-refractivity contribution in [2.45, 2.75) is 74.5 Å². The quantitative estimate of drug-likeness (QED) is 0.686. The standard InChI is InChI=1S/C19H30N2O6S2/c1-14-7-3-4-8-17(14)20-19(22)15(2)28(23,24)13-16-9-10-18(27-16)29(25,26)21-11-5-6-12-21/h9-10,14-15,17H,3-8,11-13H2,1-2H3,(H,20,22). The van der Waals surface area contributed by atoms with Crippen LogP contribution in [0, 0.1) is 5.92 Å². The number of sulfonamides is 1. The Labute approximate surface area is 173 Å². The maximum absolute atomic E-state index is 12.7. The molecule has 0 aromatic carbocycles. The summed E-state index contributed by atoms with van der Waals surface area (Å²) in [5.41, 5.74) is 0. The fourth-order valence-corrected chi connectivity index (χ4v) is 6.59. The monoisotopic (exact) mass is 446 g/mol. The number of sulfone groups is 1. The fraction of sp³-hybridized carbons (Fsp3) is 0.737. The van der Waals surface area contributed by atoms with Crippen molar-refractivity contribution in [2.75, 3.05) is 13.1 Å². The molecule has 0 radical (unpaired) electrons. The summed E-state index contributed by atoms with van der Waals surface area (Å²) < 4.78 is 57.1. The summed E-state index contributed by atoms with van der Waals surface area (Å²) in [5.74, 6) is -0.683. The third-order valence-corrected chi connectivity index (χ3v) is 9.74. The highest BCUT2D eigenvalue weighted by Crippen LogP contribution is 2.26. The lowest BCUT2D eigenvalue weighted by Crippen LogP contribution is -2.47. The fourth-order valence-electron chi connectivity index (χ4n) is 3.95. The Bertz CT molecular complexity index is 932. The molecule has 0 spiro atoms. The van der Waals surface area contributed by atoms with Crippen LogP contribution in [0.4, 0.5) is 0 Å². The Morgan fingerprint density at radius 2 is 1.79 bits per heavy atom. The first-order chi connectivity index (χ1) is 13.6. The van der Waals surface area contributed by atoms with Crippen molar-refractivity contribution in [1.82, 2.24) is 9.62 Å². The molecular formula is C19H30N2O6S2. The molecule has 8 nitrogen and oxygen atoms in total. The molecule has 29 heavy (non-hydrogen) atoms. The summed E-state index contributed by atoms with van der Waals surface area (Å²) in [7, 11) is -7.59. The van der Waals surface area contributed by atoms with Gasteiger partial charge in [0.1, 0.15) is 16.8 Å². The summed E-state index contributed by atoms with van der Waals surface area (Å²) in [5, 5.41) is 1.39. The average Bonchev–Trinajstić information content (AvgIpc) is 3.35. The van der Waals surface area contributed by atoms with Gasteiger partial charge in [-0.1, -0.05) is 19.8 Å². The molecular weight excluding hydrogens is 416 g/mol. The van der Waals surface area contributed by atoms with E-state index >= 15 is 0 Å². The van der Waals surface area contributed by atoms with E-state index in [4.69, 9.17) is 4.42 Å². The summed E-state index contributed by atoms with van der Waals surface area (Å²) in [6.45, 7) is 4.30. The predicted molar refractivity (Wildman–Crippen MR) is 108 cm³/mol. The second kappa shape index (κ2) is 8.77. The smallest absolute Gasteiger partial charge is 0.276 e. The minimum absolute atomic E-state index is 0.00489. The molecule has 3 unspecified atom stereocenters. The van der Waals surface area contributed by atoms with Crippen LogP contribution in [0.1, 0.15) is 58.1 Å². The molecule has 164 valence electrons. The maximum Gasteiger partial charge on any atom is 0.276 e. The zero-order chi connectivity index (χ0) is 21.2. The molecule has 0 bridgehead atoms. The van der Waals surface area contributed by atoms with E-state index in [1.807, 2.05) is 0 Å². The first-order valence-corrected chi connectivity index (χ1v) is 13.4. The number of hydrogen-bond donors (Lipinski definition) is 1. The highest BCUT2D eigenvalue weighted by molar-refractivity contribution is 7.92. The highest BCUT2D eigenvalue weighted by Gasteiger charge is 2.34. The van der Waals surface area contributed by atoms with Crippen LogP contribution in [0.3, 0.4) is 0 Å². The van der Waals surface area contributed by atoms with E-state index < -0.39 is 36.8 Å². The van der Waals surface area contributed by atoms with Gasteiger partial charge in [0.25, 0.3) is 10.0 Å². The SMILES string of the molecule is CC1CCCCC1NC(=O)C(C)S(=O)(=O)Cc1ccc(S(=O)(=O)N2CCCC2)o1. The van der Waals surface area contributed by atoms with Gasteiger partial charge in [-0.3, -0.25) is 4.79 Å². The minimum atomic E-state index is -3.85. The molecule has 10 heteroatoms. The van der Waals surface area contributed by atoms with Crippen LogP contribution >= 0.6 is 0 Å². The van der Waals surface area contributed by atoms with Crippen molar-refractivity contribution >= 4 is 25.8 Å². The van der Waals surface area contributed by atoms with Gasteiger partial charge in [-0.2, -0.15) is 4.31 Å². The Morgan fingerprint density at radius 1 is 1.14 bits per heavy atom. The zero-order valence-corrected chi connectivity index (χ0v) is 18.6. The molecule has 1 aromatic rings. The largest absolute Gasteiger partial charge is 0.447 e. The van der Waals surface area contributed by atoms with Crippen molar-refractivity contribution < 1.29 is 26.0 Å². The molecule has 3 rings (SSSR count). The molecule has 1 saturated carbocycles. The number of rotatable bonds is 7. The Kier molecular flexibility index (Phi) is 6.74. The van der Waals surface area contributed by atoms with Crippen LogP contribution in [-0.2, 0) is 30.4 Å². The summed E-state index contributed by atoms with van der Waals surface area (Å²) in [6, 6.07) is 2.64. The molecule has 1 aromatic heterocycles. The van der Waals surface area contributed by atoms with Crippen molar-refractivity contribution in [3.63, 3.8) is 0 Å². The van der Waals surface area contributed by atoms with E-state index in [2.05, 4.69) is 12.2 Å². The number of amides is 1. The van der Waals surface area contributed by atoms with Gasteiger partial charge in [-0.15, -0.1) is 0 Å². The maximum atomic E-state index is 12.7. The number of nitrogens with zero attached hydrogens (tertiary/aromatic N) is 1. The van der Waals surface area contributed by atoms with Gasteiger partial charge in [0.2, 0.25) is 11.0 Å². The van der Waals surface area contributed by atoms with E-state index in [1.165, 1.54) is 23.4 Å². The van der Waals surface area contributed by atoms with Gasteiger partial charge in [0.05, 0.1) is 0 Å². The first-order valence-electron chi connectivity index (χ1n) is 10.2. The van der Waals surface area contributed by atoms with Crippen molar-refractivity contribution in [1.29, 1.82) is 0 Å². The average molecular weight is 447 g/mol. The number of hydrogen-bond acceptors (Lipinski definition) is 6. The predicted octanol–water partition coefficient (Wildman–Crippen LogP) is 2.06. The lowest BCUT2D eigenvalue weighted by atomic mass is 9.86. The summed E-state index contributed by atoms with van der Waals surface area (Å²) in [6.07, 6.45) is 5.63. The summed E-state index contributed by atoms with van der Waals surface area (Å²) >= 11 is 0. The highest BCUT2D eigenvalue weighted by atomic mass is 32.2. The van der Waals surface area contributed by atoms with Crippen LogP contribution in [0.15, 0.2) is 21.6 Å². The van der Waals surface area contributed by atoms with Gasteiger partial charge in [-0.25, -0.2) is 16.8 Å². The lowest BCUT2D eigenvalue weighted by molar-refractivity contribution is -0.121. The molecule has 2 fully saturated rings. The molecule has 3 atom stereocenters. The molecule has 1 aliphatic carbocycles. The summed E-state index contributed by atoms with van der Waals surface area (Å²) in [4.78, 5) is 12.5. The van der Waals surface area contributed by atoms with Gasteiger partial charge in [-0.05, 0) is 50.7 Å². The van der Waals surface area contributed by atoms with E-state index in [9.17, 15) is 21.6 Å². The van der Waals surface area contributed by atoms with Gasteiger partial charge in [0, 0.05) is 19.1 Å². The van der Waals surface area contributed by atoms with E-state index in [0.717, 1.165) is 38.5 Å². The Balaban J connectivity index is 1.65. The first kappa shape index (κ1) is 22.3. The molecule has 1 aliphatic heterocycles. The normalized spacial score (nSPS) is 25.0. The van der Waals surface area contributed by atoms with Crippen molar-refractivity contribution in [3.8, 4) is 0 Å². The zero-order valence-electron chi connectivity index (χ0n) is 17.0. The van der Waals surface area contributed by atoms with Crippen LogP contribution in [0.25, 0.3) is 0 Å². The molecule has 2 aliphatic rings. The van der Waals surface area contributed by atoms with Gasteiger partial charge >= 0.3 is 0 Å². The van der Waals surface area contributed by atoms with Crippen LogP contribution in [-0.4, -0.2) is 51.4 Å². The second-order valence-corrected chi connectivity index (χ2v) is 12.3. The Hall–Kier alpha value is -1.39. The lowest BCUT2D eigenvalue weighted by Gasteiger charge is -2.30. The third-order valence-electron chi connectivity index (χ3n) is 5.99. The number of furan rings is 1.